The molecule has 0 fully saturated rings. The Bertz CT molecular complexity index is 949. The van der Waals surface area contributed by atoms with Crippen LogP contribution in [0.5, 0.6) is 5.75 Å². The maximum Gasteiger partial charge on any atom is 0.265 e. The first-order chi connectivity index (χ1) is 10.5. The molecule has 8 heteroatoms. The Morgan fingerprint density at radius 3 is 2.82 bits per heavy atom. The van der Waals surface area contributed by atoms with Crippen molar-refractivity contribution in [2.45, 2.75) is 0 Å². The lowest BCUT2D eigenvalue weighted by molar-refractivity contribution is 0.102. The van der Waals surface area contributed by atoms with Gasteiger partial charge < -0.3 is 15.4 Å². The van der Waals surface area contributed by atoms with Crippen LogP contribution in [0.2, 0.25) is 10.0 Å². The van der Waals surface area contributed by atoms with Gasteiger partial charge in [0.25, 0.3) is 11.5 Å². The predicted octanol–water partition coefficient (Wildman–Crippen LogP) is 3.85. The monoisotopic (exact) mass is 354 g/mol. The molecule has 2 aromatic heterocycles. The Labute approximate surface area is 138 Å². The molecule has 3 N–H and O–H groups in total. The molecule has 0 atom stereocenters. The SMILES string of the molecule is O=C(Nc1cc(Cl)ccc1Cl)c1c(O)c2sccc2[nH]c1=O. The van der Waals surface area contributed by atoms with Crippen LogP contribution in [0.4, 0.5) is 5.69 Å². The fraction of sp³-hybridized carbons (Fsp3) is 0. The van der Waals surface area contributed by atoms with Crippen LogP contribution in [0, 0.1) is 0 Å². The van der Waals surface area contributed by atoms with E-state index >= 15 is 0 Å². The summed E-state index contributed by atoms with van der Waals surface area (Å²) in [4.78, 5) is 26.8. The zero-order valence-electron chi connectivity index (χ0n) is 10.8. The van der Waals surface area contributed by atoms with E-state index < -0.39 is 11.5 Å². The standard InChI is InChI=1S/C14H8Cl2N2O3S/c15-6-1-2-7(16)9(5-6)18-14(21)10-11(19)12-8(3-4-22-12)17-13(10)20/h1-5H,(H,18,21)(H2,17,19,20). The van der Waals surface area contributed by atoms with Crippen LogP contribution in [-0.4, -0.2) is 16.0 Å². The third-order valence-corrected chi connectivity index (χ3v) is 4.48. The number of hydrogen-bond donors (Lipinski definition) is 3. The normalized spacial score (nSPS) is 10.8. The molecule has 1 amide bonds. The highest BCUT2D eigenvalue weighted by atomic mass is 35.5. The number of benzene rings is 1. The van der Waals surface area contributed by atoms with Crippen LogP contribution in [0.15, 0.2) is 34.4 Å². The second kappa shape index (κ2) is 5.64. The fourth-order valence-electron chi connectivity index (χ4n) is 1.99. The van der Waals surface area contributed by atoms with E-state index in [0.29, 0.717) is 15.2 Å². The van der Waals surface area contributed by atoms with Crippen molar-refractivity contribution in [2.24, 2.45) is 0 Å². The second-order valence-corrected chi connectivity index (χ2v) is 6.18. The third kappa shape index (κ3) is 2.56. The number of anilines is 1. The number of fused-ring (bicyclic) bond motifs is 1. The molecule has 2 heterocycles. The van der Waals surface area contributed by atoms with E-state index in [1.54, 1.807) is 17.5 Å². The van der Waals surface area contributed by atoms with Crippen molar-refractivity contribution in [1.82, 2.24) is 4.98 Å². The van der Waals surface area contributed by atoms with Gasteiger partial charge in [-0.3, -0.25) is 9.59 Å². The van der Waals surface area contributed by atoms with Gasteiger partial charge in [0.05, 0.1) is 20.9 Å². The van der Waals surface area contributed by atoms with Gasteiger partial charge >= 0.3 is 0 Å². The Morgan fingerprint density at radius 1 is 1.27 bits per heavy atom. The molecule has 3 rings (SSSR count). The molecule has 22 heavy (non-hydrogen) atoms. The molecular formula is C14H8Cl2N2O3S. The lowest BCUT2D eigenvalue weighted by Gasteiger charge is -2.08. The summed E-state index contributed by atoms with van der Waals surface area (Å²) < 4.78 is 0.432. The Hall–Kier alpha value is -2.02. The molecular weight excluding hydrogens is 347 g/mol. The van der Waals surface area contributed by atoms with Crippen LogP contribution >= 0.6 is 34.5 Å². The van der Waals surface area contributed by atoms with E-state index in [1.165, 1.54) is 23.5 Å². The fourth-order valence-corrected chi connectivity index (χ4v) is 3.12. The summed E-state index contributed by atoms with van der Waals surface area (Å²) in [6.45, 7) is 0. The van der Waals surface area contributed by atoms with E-state index in [1.807, 2.05) is 0 Å². The number of halogens is 2. The van der Waals surface area contributed by atoms with Crippen LogP contribution in [0.25, 0.3) is 10.2 Å². The quantitative estimate of drug-likeness (QED) is 0.653. The third-order valence-electron chi connectivity index (χ3n) is 3.00. The van der Waals surface area contributed by atoms with Gasteiger partial charge in [0.2, 0.25) is 0 Å². The molecule has 3 aromatic rings. The van der Waals surface area contributed by atoms with Crippen molar-refractivity contribution >= 4 is 56.3 Å². The van der Waals surface area contributed by atoms with Crippen LogP contribution < -0.4 is 10.9 Å². The van der Waals surface area contributed by atoms with E-state index in [-0.39, 0.29) is 22.0 Å². The number of carbonyl (C=O) groups is 1. The first-order valence-corrected chi connectivity index (χ1v) is 7.70. The van der Waals surface area contributed by atoms with Gasteiger partial charge in [-0.2, -0.15) is 0 Å². The van der Waals surface area contributed by atoms with Gasteiger partial charge in [-0.05, 0) is 29.6 Å². The summed E-state index contributed by atoms with van der Waals surface area (Å²) in [7, 11) is 0. The summed E-state index contributed by atoms with van der Waals surface area (Å²) in [5.41, 5.74) is -0.320. The first-order valence-electron chi connectivity index (χ1n) is 6.06. The Balaban J connectivity index is 2.06. The van der Waals surface area contributed by atoms with Crippen LogP contribution in [0.3, 0.4) is 0 Å². The highest BCUT2D eigenvalue weighted by Crippen LogP contribution is 2.31. The molecule has 1 aromatic carbocycles. The maximum atomic E-state index is 12.3. The van der Waals surface area contributed by atoms with Crippen molar-refractivity contribution in [3.63, 3.8) is 0 Å². The molecule has 112 valence electrons. The molecule has 0 unspecified atom stereocenters. The summed E-state index contributed by atoms with van der Waals surface area (Å²) in [5.74, 6) is -1.12. The minimum Gasteiger partial charge on any atom is -0.505 e. The van der Waals surface area contributed by atoms with Crippen LogP contribution in [0.1, 0.15) is 10.4 Å². The lowest BCUT2D eigenvalue weighted by Crippen LogP contribution is -2.23. The molecule has 0 aliphatic heterocycles. The number of aromatic hydroxyl groups is 1. The molecule has 0 radical (unpaired) electrons. The van der Waals surface area contributed by atoms with Crippen molar-refractivity contribution in [2.75, 3.05) is 5.32 Å². The molecule has 0 bridgehead atoms. The number of rotatable bonds is 2. The Kier molecular flexibility index (Phi) is 3.82. The number of hydrogen-bond acceptors (Lipinski definition) is 4. The van der Waals surface area contributed by atoms with Gasteiger partial charge in [0.15, 0.2) is 5.75 Å². The minimum atomic E-state index is -0.766. The van der Waals surface area contributed by atoms with Gasteiger partial charge in [0.1, 0.15) is 5.56 Å². The highest BCUT2D eigenvalue weighted by molar-refractivity contribution is 7.17. The smallest absolute Gasteiger partial charge is 0.265 e. The number of nitrogens with one attached hydrogen (secondary N) is 2. The summed E-state index contributed by atoms with van der Waals surface area (Å²) in [6.07, 6.45) is 0. The number of amides is 1. The van der Waals surface area contributed by atoms with Crippen molar-refractivity contribution in [1.29, 1.82) is 0 Å². The van der Waals surface area contributed by atoms with Crippen LogP contribution in [-0.2, 0) is 0 Å². The number of thiophene rings is 1. The van der Waals surface area contributed by atoms with E-state index in [2.05, 4.69) is 10.3 Å². The average molecular weight is 355 g/mol. The zero-order valence-corrected chi connectivity index (χ0v) is 13.1. The summed E-state index contributed by atoms with van der Waals surface area (Å²) >= 11 is 13.0. The number of aromatic nitrogens is 1. The van der Waals surface area contributed by atoms with E-state index in [9.17, 15) is 14.7 Å². The second-order valence-electron chi connectivity index (χ2n) is 4.42. The molecule has 0 aliphatic rings. The summed E-state index contributed by atoms with van der Waals surface area (Å²) in [6, 6.07) is 6.20. The number of H-pyrrole nitrogens is 1. The number of aromatic amines is 1. The lowest BCUT2D eigenvalue weighted by atomic mass is 10.2. The number of carbonyl (C=O) groups excluding carboxylic acids is 1. The topological polar surface area (TPSA) is 82.2 Å². The molecule has 0 spiro atoms. The highest BCUT2D eigenvalue weighted by Gasteiger charge is 2.20. The molecule has 0 saturated heterocycles. The van der Waals surface area contributed by atoms with Gasteiger partial charge in [-0.25, -0.2) is 0 Å². The van der Waals surface area contributed by atoms with Gasteiger partial charge in [0, 0.05) is 5.02 Å². The predicted molar refractivity (Wildman–Crippen MR) is 88.5 cm³/mol. The molecule has 0 aliphatic carbocycles. The maximum absolute atomic E-state index is 12.3. The van der Waals surface area contributed by atoms with Crippen molar-refractivity contribution in [3.8, 4) is 5.75 Å². The molecule has 0 saturated carbocycles. The van der Waals surface area contributed by atoms with E-state index in [4.69, 9.17) is 23.2 Å². The van der Waals surface area contributed by atoms with E-state index in [0.717, 1.165) is 0 Å². The summed E-state index contributed by atoms with van der Waals surface area (Å²) in [5, 5.41) is 15.0. The van der Waals surface area contributed by atoms with Gasteiger partial charge in [-0.1, -0.05) is 23.2 Å². The molecule has 5 nitrogen and oxygen atoms in total. The largest absolute Gasteiger partial charge is 0.505 e. The zero-order chi connectivity index (χ0) is 15.9. The minimum absolute atomic E-state index is 0.254. The average Bonchev–Trinajstić information content (AvgIpc) is 2.91. The number of pyridine rings is 1. The Morgan fingerprint density at radius 2 is 2.05 bits per heavy atom. The van der Waals surface area contributed by atoms with Gasteiger partial charge in [-0.15, -0.1) is 11.3 Å². The van der Waals surface area contributed by atoms with Crippen molar-refractivity contribution in [3.05, 3.63) is 55.6 Å². The first kappa shape index (κ1) is 14.9. The van der Waals surface area contributed by atoms with Crippen molar-refractivity contribution < 1.29 is 9.90 Å².